The summed E-state index contributed by atoms with van der Waals surface area (Å²) in [5.41, 5.74) is 0.902. The van der Waals surface area contributed by atoms with Gasteiger partial charge in [-0.1, -0.05) is 0 Å². The third-order valence-corrected chi connectivity index (χ3v) is 5.54. The molecule has 0 radical (unpaired) electrons. The number of halogens is 3. The molecule has 3 heterocycles. The van der Waals surface area contributed by atoms with Gasteiger partial charge in [0.25, 0.3) is 0 Å². The molecule has 3 aliphatic rings. The maximum atomic E-state index is 12.7. The number of aliphatic carboxylic acids is 1. The van der Waals surface area contributed by atoms with E-state index < -0.39 is 12.1 Å². The molecule has 11 heteroatoms. The number of nitrogens with zero attached hydrogens (tertiary/aromatic N) is 3. The van der Waals surface area contributed by atoms with Crippen LogP contribution in [0.3, 0.4) is 0 Å². The average molecular weight is 430 g/mol. The van der Waals surface area contributed by atoms with Gasteiger partial charge < -0.3 is 20.1 Å². The van der Waals surface area contributed by atoms with Crippen LogP contribution in [0.25, 0.3) is 0 Å². The number of rotatable bonds is 4. The van der Waals surface area contributed by atoms with Crippen molar-refractivity contribution in [3.05, 3.63) is 17.8 Å². The highest BCUT2D eigenvalue weighted by Gasteiger charge is 2.44. The summed E-state index contributed by atoms with van der Waals surface area (Å²) >= 11 is 0. The molecule has 1 saturated carbocycles. The molecule has 1 amide bonds. The van der Waals surface area contributed by atoms with E-state index in [9.17, 15) is 18.0 Å². The van der Waals surface area contributed by atoms with Crippen molar-refractivity contribution in [2.75, 3.05) is 31.1 Å². The molecule has 30 heavy (non-hydrogen) atoms. The van der Waals surface area contributed by atoms with Crippen molar-refractivity contribution in [3.8, 4) is 0 Å². The van der Waals surface area contributed by atoms with Gasteiger partial charge in [0.1, 0.15) is 0 Å². The van der Waals surface area contributed by atoms with Crippen molar-refractivity contribution in [1.82, 2.24) is 15.5 Å². The van der Waals surface area contributed by atoms with E-state index in [0.29, 0.717) is 18.4 Å². The summed E-state index contributed by atoms with van der Waals surface area (Å²) in [6.45, 7) is 5.03. The van der Waals surface area contributed by atoms with Gasteiger partial charge in [-0.25, -0.2) is 4.79 Å². The van der Waals surface area contributed by atoms with E-state index >= 15 is 0 Å². The maximum absolute atomic E-state index is 12.7. The van der Waals surface area contributed by atoms with Crippen LogP contribution in [0.5, 0.6) is 0 Å². The van der Waals surface area contributed by atoms with Gasteiger partial charge in [-0.15, -0.1) is 5.10 Å². The molecule has 0 unspecified atom stereocenters. The predicted octanol–water partition coefficient (Wildman–Crippen LogP) is 1.79. The number of hydrogen-bond acceptors (Lipinski definition) is 6. The SMILES string of the molecule is Cc1ccc(N2C[C@H]3OCC[C@H]3[C@H](C(=O)NCC3CC3)C2)nn1.O=C(O)C(F)(F)F. The zero-order valence-electron chi connectivity index (χ0n) is 16.6. The highest BCUT2D eigenvalue weighted by molar-refractivity contribution is 5.80. The number of amides is 1. The lowest BCUT2D eigenvalue weighted by atomic mass is 9.82. The first-order valence-corrected chi connectivity index (χ1v) is 9.90. The Morgan fingerprint density at radius 1 is 1.23 bits per heavy atom. The molecule has 0 spiro atoms. The summed E-state index contributed by atoms with van der Waals surface area (Å²) in [6, 6.07) is 3.95. The second-order valence-corrected chi connectivity index (χ2v) is 7.90. The van der Waals surface area contributed by atoms with Gasteiger partial charge in [0.05, 0.1) is 17.7 Å². The number of carbonyl (C=O) groups excluding carboxylic acids is 1. The fraction of sp³-hybridized carbons (Fsp3) is 0.684. The largest absolute Gasteiger partial charge is 0.490 e. The van der Waals surface area contributed by atoms with Gasteiger partial charge in [-0.3, -0.25) is 4.79 Å². The minimum absolute atomic E-state index is 0.0156. The molecule has 1 aliphatic carbocycles. The van der Waals surface area contributed by atoms with E-state index in [2.05, 4.69) is 20.4 Å². The first-order valence-electron chi connectivity index (χ1n) is 9.90. The summed E-state index contributed by atoms with van der Waals surface area (Å²) in [5.74, 6) is -0.710. The van der Waals surface area contributed by atoms with Gasteiger partial charge >= 0.3 is 12.1 Å². The van der Waals surface area contributed by atoms with Crippen LogP contribution in [0, 0.1) is 24.7 Å². The van der Waals surface area contributed by atoms with E-state index in [1.54, 1.807) is 0 Å². The molecule has 4 rings (SSSR count). The van der Waals surface area contributed by atoms with Crippen molar-refractivity contribution < 1.29 is 32.6 Å². The number of aromatic nitrogens is 2. The number of anilines is 1. The minimum Gasteiger partial charge on any atom is -0.475 e. The number of hydrogen-bond donors (Lipinski definition) is 2. The van der Waals surface area contributed by atoms with Crippen LogP contribution in [0.1, 0.15) is 25.0 Å². The molecule has 2 aliphatic heterocycles. The Bertz CT molecular complexity index is 755. The summed E-state index contributed by atoms with van der Waals surface area (Å²) in [7, 11) is 0. The van der Waals surface area contributed by atoms with Gasteiger partial charge in [-0.2, -0.15) is 18.3 Å². The lowest BCUT2D eigenvalue weighted by molar-refractivity contribution is -0.192. The van der Waals surface area contributed by atoms with Crippen molar-refractivity contribution in [2.24, 2.45) is 17.8 Å². The number of carbonyl (C=O) groups is 2. The van der Waals surface area contributed by atoms with Crippen LogP contribution in [0.4, 0.5) is 19.0 Å². The smallest absolute Gasteiger partial charge is 0.475 e. The molecule has 3 fully saturated rings. The van der Waals surface area contributed by atoms with Crippen LogP contribution in [0.15, 0.2) is 12.1 Å². The molecule has 0 aromatic carbocycles. The Kier molecular flexibility index (Phi) is 6.79. The molecule has 2 saturated heterocycles. The van der Waals surface area contributed by atoms with Gasteiger partial charge in [0.15, 0.2) is 5.82 Å². The number of nitrogens with one attached hydrogen (secondary N) is 1. The lowest BCUT2D eigenvalue weighted by Crippen LogP contribution is -2.53. The standard InChI is InChI=1S/C17H24N4O2.C2HF3O2/c1-11-2-5-16(20-19-11)21-9-14(13-6-7-23-15(13)10-21)17(22)18-8-12-3-4-12;3-2(4,5)1(6)7/h2,5,12-15H,3-4,6-10H2,1H3,(H,18,22);(H,6,7)/t13-,14+,15+;/m0./s1. The molecule has 1 aromatic heterocycles. The highest BCUT2D eigenvalue weighted by atomic mass is 19.4. The van der Waals surface area contributed by atoms with Crippen LogP contribution >= 0.6 is 0 Å². The Labute approximate surface area is 171 Å². The van der Waals surface area contributed by atoms with Crippen LogP contribution < -0.4 is 10.2 Å². The van der Waals surface area contributed by atoms with Crippen LogP contribution in [-0.2, 0) is 14.3 Å². The molecule has 0 bridgehead atoms. The Morgan fingerprint density at radius 2 is 1.93 bits per heavy atom. The highest BCUT2D eigenvalue weighted by Crippen LogP contribution is 2.35. The number of carboxylic acids is 1. The number of ether oxygens (including phenoxy) is 1. The second kappa shape index (κ2) is 9.15. The fourth-order valence-electron chi connectivity index (χ4n) is 3.70. The summed E-state index contributed by atoms with van der Waals surface area (Å²) in [6.07, 6.45) is -1.46. The maximum Gasteiger partial charge on any atom is 0.490 e. The van der Waals surface area contributed by atoms with Gasteiger partial charge in [0, 0.05) is 32.2 Å². The first kappa shape index (κ1) is 22.3. The average Bonchev–Trinajstić information content (AvgIpc) is 3.40. The topological polar surface area (TPSA) is 105 Å². The van der Waals surface area contributed by atoms with Gasteiger partial charge in [-0.05, 0) is 44.2 Å². The molecular weight excluding hydrogens is 405 g/mol. The predicted molar refractivity (Wildman–Crippen MR) is 99.7 cm³/mol. The van der Waals surface area contributed by atoms with E-state index in [1.165, 1.54) is 12.8 Å². The van der Waals surface area contributed by atoms with Crippen molar-refractivity contribution in [3.63, 3.8) is 0 Å². The zero-order valence-corrected chi connectivity index (χ0v) is 16.6. The van der Waals surface area contributed by atoms with Gasteiger partial charge in [0.2, 0.25) is 5.91 Å². The summed E-state index contributed by atoms with van der Waals surface area (Å²) < 4.78 is 37.6. The number of alkyl halides is 3. The molecule has 1 aromatic rings. The second-order valence-electron chi connectivity index (χ2n) is 7.90. The third kappa shape index (κ3) is 5.80. The minimum atomic E-state index is -5.08. The van der Waals surface area contributed by atoms with E-state index in [0.717, 1.165) is 37.6 Å². The summed E-state index contributed by atoms with van der Waals surface area (Å²) in [4.78, 5) is 23.7. The summed E-state index contributed by atoms with van der Waals surface area (Å²) in [5, 5.41) is 18.7. The van der Waals surface area contributed by atoms with Crippen LogP contribution in [-0.4, -0.2) is 65.7 Å². The Balaban J connectivity index is 0.000000318. The molecule has 8 nitrogen and oxygen atoms in total. The zero-order chi connectivity index (χ0) is 21.9. The molecule has 2 N–H and O–H groups in total. The van der Waals surface area contributed by atoms with Crippen molar-refractivity contribution in [2.45, 2.75) is 38.5 Å². The quantitative estimate of drug-likeness (QED) is 0.750. The fourth-order valence-corrected chi connectivity index (χ4v) is 3.70. The normalized spacial score (nSPS) is 25.7. The van der Waals surface area contributed by atoms with Crippen molar-refractivity contribution in [1.29, 1.82) is 0 Å². The number of carboxylic acid groups (broad SMARTS) is 1. The Morgan fingerprint density at radius 3 is 2.50 bits per heavy atom. The number of piperidine rings is 1. The monoisotopic (exact) mass is 430 g/mol. The van der Waals surface area contributed by atoms with E-state index in [1.807, 2.05) is 19.1 Å². The van der Waals surface area contributed by atoms with Crippen molar-refractivity contribution >= 4 is 17.7 Å². The van der Waals surface area contributed by atoms with Crippen LogP contribution in [0.2, 0.25) is 0 Å². The van der Waals surface area contributed by atoms with E-state index in [4.69, 9.17) is 14.6 Å². The molecular formula is C19H25F3N4O4. The Hall–Kier alpha value is -2.43. The van der Waals surface area contributed by atoms with E-state index in [-0.39, 0.29) is 17.9 Å². The number of aryl methyl sites for hydroxylation is 1. The number of fused-ring (bicyclic) bond motifs is 1. The molecule has 3 atom stereocenters. The third-order valence-electron chi connectivity index (χ3n) is 5.54. The first-order chi connectivity index (χ1) is 14.1. The molecule has 166 valence electrons. The lowest BCUT2D eigenvalue weighted by Gasteiger charge is -2.39.